The van der Waals surface area contributed by atoms with Gasteiger partial charge in [-0.2, -0.15) is 13.2 Å². The van der Waals surface area contributed by atoms with Gasteiger partial charge in [-0.05, 0) is 22.6 Å². The van der Waals surface area contributed by atoms with Crippen LogP contribution in [0.3, 0.4) is 0 Å². The third-order valence-corrected chi connectivity index (χ3v) is 2.54. The Morgan fingerprint density at radius 1 is 1.11 bits per heavy atom. The minimum absolute atomic E-state index is 0.281. The lowest BCUT2D eigenvalue weighted by Crippen LogP contribution is -2.20. The summed E-state index contributed by atoms with van der Waals surface area (Å²) in [5.41, 5.74) is -3.59. The van der Waals surface area contributed by atoms with Gasteiger partial charge in [0.15, 0.2) is 0 Å². The van der Waals surface area contributed by atoms with E-state index in [-0.39, 0.29) is 6.07 Å². The van der Waals surface area contributed by atoms with Crippen molar-refractivity contribution in [3.63, 3.8) is 0 Å². The highest BCUT2D eigenvalue weighted by atomic mass is 127. The van der Waals surface area contributed by atoms with E-state index >= 15 is 0 Å². The van der Waals surface area contributed by atoms with Gasteiger partial charge in [0.2, 0.25) is 5.88 Å². The van der Waals surface area contributed by atoms with Crippen LogP contribution in [0.1, 0.15) is 17.7 Å². The molecule has 0 saturated carbocycles. The second kappa shape index (κ2) is 5.25. The van der Waals surface area contributed by atoms with Crippen LogP contribution in [0.5, 0.6) is 5.88 Å². The zero-order chi connectivity index (χ0) is 15.0. The van der Waals surface area contributed by atoms with Gasteiger partial charge in [0.05, 0.1) is 5.56 Å². The van der Waals surface area contributed by atoms with Crippen LogP contribution in [-0.4, -0.2) is 11.3 Å². The van der Waals surface area contributed by atoms with E-state index in [4.69, 9.17) is 0 Å². The molecule has 0 atom stereocenters. The Morgan fingerprint density at radius 3 is 2.00 bits per heavy atom. The van der Waals surface area contributed by atoms with Crippen LogP contribution in [0.4, 0.5) is 35.1 Å². The molecule has 0 bridgehead atoms. The lowest BCUT2D eigenvalue weighted by Gasteiger charge is -2.16. The maximum absolute atomic E-state index is 12.5. The van der Waals surface area contributed by atoms with Crippen molar-refractivity contribution in [3.05, 3.63) is 20.9 Å². The molecule has 0 aliphatic heterocycles. The van der Waals surface area contributed by atoms with Crippen LogP contribution >= 0.6 is 22.6 Å². The molecule has 0 radical (unpaired) electrons. The fourth-order valence-electron chi connectivity index (χ4n) is 1.12. The average molecular weight is 407 g/mol. The molecule has 0 aromatic carbocycles. The number of hydrogen-bond donors (Lipinski definition) is 0. The first-order chi connectivity index (χ1) is 8.42. The Kier molecular flexibility index (Phi) is 4.47. The van der Waals surface area contributed by atoms with Crippen molar-refractivity contribution in [3.8, 4) is 5.88 Å². The molecule has 1 aromatic heterocycles. The minimum Gasteiger partial charge on any atom is -0.388 e. The van der Waals surface area contributed by atoms with Crippen LogP contribution in [0.2, 0.25) is 0 Å². The first-order valence-electron chi connectivity index (χ1n) is 4.23. The highest BCUT2D eigenvalue weighted by Crippen LogP contribution is 2.40. The van der Waals surface area contributed by atoms with Crippen molar-refractivity contribution in [1.82, 2.24) is 4.98 Å². The van der Waals surface area contributed by atoms with E-state index in [1.165, 1.54) is 0 Å². The summed E-state index contributed by atoms with van der Waals surface area (Å²) < 4.78 is 100. The Hall–Kier alpha value is -0.880. The second-order valence-electron chi connectivity index (χ2n) is 3.05. The molecule has 0 fully saturated rings. The third kappa shape index (κ3) is 4.31. The molecule has 2 nitrogen and oxygen atoms in total. The van der Waals surface area contributed by atoms with E-state index in [0.29, 0.717) is 0 Å². The first-order valence-corrected chi connectivity index (χ1v) is 5.31. The topological polar surface area (TPSA) is 22.1 Å². The molecule has 0 unspecified atom stereocenters. The number of ether oxygens (including phenoxy) is 1. The average Bonchev–Trinajstić information content (AvgIpc) is 2.10. The van der Waals surface area contributed by atoms with Crippen LogP contribution in [-0.2, 0) is 6.18 Å². The van der Waals surface area contributed by atoms with Gasteiger partial charge in [-0.25, -0.2) is 13.8 Å². The van der Waals surface area contributed by atoms with Crippen molar-refractivity contribution in [2.24, 2.45) is 0 Å². The molecule has 1 rings (SSSR count). The number of nitrogens with zero attached hydrogens (tertiary/aromatic N) is 1. The molecule has 0 spiro atoms. The van der Waals surface area contributed by atoms with Crippen LogP contribution in [0, 0.1) is 3.57 Å². The molecule has 1 heterocycles. The van der Waals surface area contributed by atoms with Gasteiger partial charge in [0.1, 0.15) is 5.69 Å². The number of pyridine rings is 1. The van der Waals surface area contributed by atoms with Crippen molar-refractivity contribution >= 4 is 22.6 Å². The van der Waals surface area contributed by atoms with E-state index in [9.17, 15) is 35.1 Å². The molecular weight excluding hydrogens is 405 g/mol. The summed E-state index contributed by atoms with van der Waals surface area (Å²) in [6.45, 7) is 0. The van der Waals surface area contributed by atoms with Crippen molar-refractivity contribution in [2.75, 3.05) is 0 Å². The highest BCUT2D eigenvalue weighted by molar-refractivity contribution is 14.1. The predicted molar refractivity (Wildman–Crippen MR) is 53.6 cm³/mol. The summed E-state index contributed by atoms with van der Waals surface area (Å²) in [5.74, 6) is -1.37. The zero-order valence-electron chi connectivity index (χ0n) is 8.41. The van der Waals surface area contributed by atoms with E-state index in [1.54, 1.807) is 0 Å². The SMILES string of the molecule is FC(F)c1nc(OC(F)(F)F)cc(I)c1C(F)(F)F. The van der Waals surface area contributed by atoms with Crippen molar-refractivity contribution < 1.29 is 39.9 Å². The molecule has 19 heavy (non-hydrogen) atoms. The maximum Gasteiger partial charge on any atom is 0.574 e. The molecule has 11 heteroatoms. The molecule has 0 saturated heterocycles. The fourth-order valence-corrected chi connectivity index (χ4v) is 1.97. The number of alkyl halides is 8. The lowest BCUT2D eigenvalue weighted by molar-refractivity contribution is -0.276. The van der Waals surface area contributed by atoms with Crippen LogP contribution in [0.25, 0.3) is 0 Å². The smallest absolute Gasteiger partial charge is 0.388 e. The molecule has 1 aromatic rings. The minimum atomic E-state index is -5.24. The monoisotopic (exact) mass is 407 g/mol. The fraction of sp³-hybridized carbons (Fsp3) is 0.375. The molecule has 0 N–H and O–H groups in total. The van der Waals surface area contributed by atoms with Gasteiger partial charge in [-0.3, -0.25) is 0 Å². The molecule has 0 aliphatic rings. The van der Waals surface area contributed by atoms with E-state index in [0.717, 1.165) is 22.6 Å². The van der Waals surface area contributed by atoms with Crippen molar-refractivity contribution in [1.29, 1.82) is 0 Å². The Balaban J connectivity index is 3.38. The van der Waals surface area contributed by atoms with Crippen LogP contribution < -0.4 is 4.74 Å². The quantitative estimate of drug-likeness (QED) is 0.531. The molecule has 0 amide bonds. The largest absolute Gasteiger partial charge is 0.574 e. The van der Waals surface area contributed by atoms with Crippen LogP contribution in [0.15, 0.2) is 6.07 Å². The summed E-state index contributed by atoms with van der Waals surface area (Å²) in [6.07, 6.45) is -14.1. The van der Waals surface area contributed by atoms with E-state index in [1.807, 2.05) is 0 Å². The lowest BCUT2D eigenvalue weighted by atomic mass is 10.2. The van der Waals surface area contributed by atoms with Crippen molar-refractivity contribution in [2.45, 2.75) is 19.0 Å². The number of hydrogen-bond acceptors (Lipinski definition) is 2. The summed E-state index contributed by atoms with van der Waals surface area (Å²) >= 11 is 0.981. The molecule has 108 valence electrons. The van der Waals surface area contributed by atoms with Gasteiger partial charge in [-0.1, -0.05) is 0 Å². The Morgan fingerprint density at radius 2 is 1.63 bits per heavy atom. The maximum atomic E-state index is 12.5. The van der Waals surface area contributed by atoms with Gasteiger partial charge >= 0.3 is 12.5 Å². The summed E-state index contributed by atoms with van der Waals surface area (Å²) in [7, 11) is 0. The second-order valence-corrected chi connectivity index (χ2v) is 4.21. The highest BCUT2D eigenvalue weighted by Gasteiger charge is 2.41. The number of aromatic nitrogens is 1. The first kappa shape index (κ1) is 16.2. The van der Waals surface area contributed by atoms with Gasteiger partial charge in [0, 0.05) is 9.64 Å². The predicted octanol–water partition coefficient (Wildman–Crippen LogP) is 4.54. The normalized spacial score (nSPS) is 12.9. The number of halogens is 9. The van der Waals surface area contributed by atoms with E-state index < -0.39 is 39.7 Å². The molecular formula is C8H2F8INO. The number of rotatable bonds is 2. The standard InChI is InChI=1S/C8H2F8INO/c9-6(10)5-4(7(11,12)13)2(17)1-3(18-5)19-8(14,15)16/h1,6H. The third-order valence-electron chi connectivity index (χ3n) is 1.69. The van der Waals surface area contributed by atoms with Gasteiger partial charge in [-0.15, -0.1) is 13.2 Å². The zero-order valence-corrected chi connectivity index (χ0v) is 10.6. The molecule has 0 aliphatic carbocycles. The summed E-state index contributed by atoms with van der Waals surface area (Å²) in [4.78, 5) is 2.57. The van der Waals surface area contributed by atoms with Gasteiger partial charge in [0.25, 0.3) is 6.43 Å². The Labute approximate surface area is 113 Å². The van der Waals surface area contributed by atoms with E-state index in [2.05, 4.69) is 9.72 Å². The summed E-state index contributed by atoms with van der Waals surface area (Å²) in [5, 5.41) is 0. The van der Waals surface area contributed by atoms with Gasteiger partial charge < -0.3 is 4.74 Å². The Bertz CT molecular complexity index is 469. The summed E-state index contributed by atoms with van der Waals surface area (Å²) in [6, 6.07) is 0.281.